The Bertz CT molecular complexity index is 1450. The summed E-state index contributed by atoms with van der Waals surface area (Å²) in [4.78, 5) is 0. The van der Waals surface area contributed by atoms with E-state index in [0.717, 1.165) is 59.1 Å². The van der Waals surface area contributed by atoms with Gasteiger partial charge in [-0.25, -0.2) is 0 Å². The Hall–Kier alpha value is -4.30. The standard InChI is InChI=1S/C37H36O2/c1-3-4-13-24-37(34-19-12-11-14-27(34)2,30-20-22-35(38)32(25-30)28-15-7-5-8-16-28)31-21-23-36(39)33(26-31)29-17-9-6-10-18-29/h5-12,14-23,25-26,38-39H,3-4,13,24H2,1-2H3. The summed E-state index contributed by atoms with van der Waals surface area (Å²) in [5.41, 5.74) is 7.87. The van der Waals surface area contributed by atoms with Gasteiger partial charge in [0.25, 0.3) is 0 Å². The fourth-order valence-electron chi connectivity index (χ4n) is 5.89. The normalized spacial score (nSPS) is 11.4. The number of hydrogen-bond acceptors (Lipinski definition) is 2. The first-order chi connectivity index (χ1) is 19.0. The third kappa shape index (κ3) is 5.20. The Balaban J connectivity index is 1.82. The highest BCUT2D eigenvalue weighted by atomic mass is 16.3. The molecule has 0 bridgehead atoms. The van der Waals surface area contributed by atoms with E-state index in [0.29, 0.717) is 0 Å². The van der Waals surface area contributed by atoms with E-state index in [2.05, 4.69) is 62.4 Å². The minimum atomic E-state index is -0.477. The molecule has 39 heavy (non-hydrogen) atoms. The summed E-state index contributed by atoms with van der Waals surface area (Å²) >= 11 is 0. The second kappa shape index (κ2) is 11.6. The van der Waals surface area contributed by atoms with Crippen molar-refractivity contribution in [2.45, 2.75) is 44.9 Å². The number of aryl methyl sites for hydroxylation is 1. The maximum atomic E-state index is 11.0. The summed E-state index contributed by atoms with van der Waals surface area (Å²) in [6, 6.07) is 41.0. The summed E-state index contributed by atoms with van der Waals surface area (Å²) in [6.07, 6.45) is 4.21. The van der Waals surface area contributed by atoms with Crippen molar-refractivity contribution in [2.75, 3.05) is 0 Å². The molecule has 0 aromatic heterocycles. The molecule has 0 spiro atoms. The van der Waals surface area contributed by atoms with Gasteiger partial charge in [0.05, 0.1) is 0 Å². The number of rotatable bonds is 9. The topological polar surface area (TPSA) is 40.5 Å². The fourth-order valence-corrected chi connectivity index (χ4v) is 5.89. The van der Waals surface area contributed by atoms with Gasteiger partial charge in [0.15, 0.2) is 0 Å². The van der Waals surface area contributed by atoms with Crippen LogP contribution in [-0.2, 0) is 5.41 Å². The van der Waals surface area contributed by atoms with Crippen LogP contribution in [0.3, 0.4) is 0 Å². The van der Waals surface area contributed by atoms with Gasteiger partial charge in [0.2, 0.25) is 0 Å². The lowest BCUT2D eigenvalue weighted by Gasteiger charge is -2.38. The van der Waals surface area contributed by atoms with Crippen LogP contribution < -0.4 is 0 Å². The Morgan fingerprint density at radius 3 is 1.54 bits per heavy atom. The summed E-state index contributed by atoms with van der Waals surface area (Å²) in [6.45, 7) is 4.42. The van der Waals surface area contributed by atoms with Crippen molar-refractivity contribution in [1.82, 2.24) is 0 Å². The van der Waals surface area contributed by atoms with Crippen LogP contribution in [0.2, 0.25) is 0 Å². The fraction of sp³-hybridized carbons (Fsp3) is 0.189. The molecule has 2 N–H and O–H groups in total. The van der Waals surface area contributed by atoms with Crippen molar-refractivity contribution < 1.29 is 10.2 Å². The van der Waals surface area contributed by atoms with Gasteiger partial charge in [-0.15, -0.1) is 0 Å². The summed E-state index contributed by atoms with van der Waals surface area (Å²) < 4.78 is 0. The van der Waals surface area contributed by atoms with Gasteiger partial charge < -0.3 is 10.2 Å². The smallest absolute Gasteiger partial charge is 0.123 e. The quantitative estimate of drug-likeness (QED) is 0.152. The number of phenols is 2. The van der Waals surface area contributed by atoms with E-state index < -0.39 is 5.41 Å². The maximum absolute atomic E-state index is 11.0. The van der Waals surface area contributed by atoms with Gasteiger partial charge >= 0.3 is 0 Å². The van der Waals surface area contributed by atoms with Crippen molar-refractivity contribution >= 4 is 0 Å². The monoisotopic (exact) mass is 512 g/mol. The molecular formula is C37H36O2. The number of unbranched alkanes of at least 4 members (excludes halogenated alkanes) is 2. The van der Waals surface area contributed by atoms with Crippen molar-refractivity contribution in [3.05, 3.63) is 144 Å². The van der Waals surface area contributed by atoms with Gasteiger partial charge in [-0.05, 0) is 71.0 Å². The second-order valence-electron chi connectivity index (χ2n) is 10.4. The van der Waals surface area contributed by atoms with Gasteiger partial charge in [0, 0.05) is 16.5 Å². The van der Waals surface area contributed by atoms with Crippen molar-refractivity contribution in [2.24, 2.45) is 0 Å². The molecule has 5 rings (SSSR count). The maximum Gasteiger partial charge on any atom is 0.123 e. The van der Waals surface area contributed by atoms with E-state index in [1.54, 1.807) is 0 Å². The average molecular weight is 513 g/mol. The van der Waals surface area contributed by atoms with Gasteiger partial charge in [0.1, 0.15) is 11.5 Å². The molecule has 5 aromatic rings. The first-order valence-corrected chi connectivity index (χ1v) is 13.9. The zero-order valence-electron chi connectivity index (χ0n) is 22.8. The molecule has 0 aliphatic heterocycles. The molecule has 0 amide bonds. The Kier molecular flexibility index (Phi) is 7.84. The highest BCUT2D eigenvalue weighted by molar-refractivity contribution is 5.74. The van der Waals surface area contributed by atoms with Crippen LogP contribution in [0.4, 0.5) is 0 Å². The second-order valence-corrected chi connectivity index (χ2v) is 10.4. The predicted molar refractivity (Wildman–Crippen MR) is 162 cm³/mol. The molecule has 0 unspecified atom stereocenters. The predicted octanol–water partition coefficient (Wildman–Crippen LogP) is 9.65. The molecule has 0 fully saturated rings. The van der Waals surface area contributed by atoms with Gasteiger partial charge in [-0.2, -0.15) is 0 Å². The highest BCUT2D eigenvalue weighted by Crippen LogP contribution is 2.48. The van der Waals surface area contributed by atoms with Crippen LogP contribution in [0.25, 0.3) is 22.3 Å². The Morgan fingerprint density at radius 2 is 1.05 bits per heavy atom. The molecule has 2 heteroatoms. The molecule has 0 atom stereocenters. The van der Waals surface area contributed by atoms with Crippen LogP contribution in [0.5, 0.6) is 11.5 Å². The van der Waals surface area contributed by atoms with Crippen LogP contribution in [0, 0.1) is 6.92 Å². The number of hydrogen-bond donors (Lipinski definition) is 2. The molecule has 5 aromatic carbocycles. The zero-order chi connectivity index (χ0) is 27.2. The molecule has 0 aliphatic carbocycles. The molecule has 0 saturated carbocycles. The van der Waals surface area contributed by atoms with E-state index in [-0.39, 0.29) is 11.5 Å². The van der Waals surface area contributed by atoms with Gasteiger partial charge in [-0.3, -0.25) is 0 Å². The van der Waals surface area contributed by atoms with Crippen LogP contribution >= 0.6 is 0 Å². The minimum Gasteiger partial charge on any atom is -0.507 e. The number of phenolic OH excluding ortho intramolecular Hbond substituents is 2. The summed E-state index contributed by atoms with van der Waals surface area (Å²) in [7, 11) is 0. The van der Waals surface area contributed by atoms with Crippen molar-refractivity contribution in [3.63, 3.8) is 0 Å². The first-order valence-electron chi connectivity index (χ1n) is 13.9. The Morgan fingerprint density at radius 1 is 0.564 bits per heavy atom. The molecular weight excluding hydrogens is 476 g/mol. The van der Waals surface area contributed by atoms with Crippen molar-refractivity contribution in [1.29, 1.82) is 0 Å². The number of aromatic hydroxyl groups is 2. The van der Waals surface area contributed by atoms with Crippen LogP contribution in [0.15, 0.2) is 121 Å². The lowest BCUT2D eigenvalue weighted by atomic mass is 9.64. The SMILES string of the molecule is CCCCCC(c1ccc(O)c(-c2ccccc2)c1)(c1ccc(O)c(-c2ccccc2)c1)c1ccccc1C. The van der Waals surface area contributed by atoms with Crippen LogP contribution in [-0.4, -0.2) is 10.2 Å². The first kappa shape index (κ1) is 26.3. The Labute approximate surface area is 232 Å². The molecule has 2 nitrogen and oxygen atoms in total. The molecule has 196 valence electrons. The third-order valence-corrected chi connectivity index (χ3v) is 7.91. The van der Waals surface area contributed by atoms with E-state index >= 15 is 0 Å². The van der Waals surface area contributed by atoms with E-state index in [1.165, 1.54) is 11.1 Å². The summed E-state index contributed by atoms with van der Waals surface area (Å²) in [5, 5.41) is 21.9. The molecule has 0 saturated heterocycles. The molecule has 0 heterocycles. The van der Waals surface area contributed by atoms with Crippen LogP contribution in [0.1, 0.15) is 54.9 Å². The summed E-state index contributed by atoms with van der Waals surface area (Å²) in [5.74, 6) is 0.542. The van der Waals surface area contributed by atoms with E-state index in [4.69, 9.17) is 0 Å². The lowest BCUT2D eigenvalue weighted by Crippen LogP contribution is -2.30. The van der Waals surface area contributed by atoms with E-state index in [9.17, 15) is 10.2 Å². The lowest BCUT2D eigenvalue weighted by molar-refractivity contribution is 0.473. The number of benzene rings is 5. The minimum absolute atomic E-state index is 0.271. The van der Waals surface area contributed by atoms with E-state index in [1.807, 2.05) is 72.8 Å². The molecule has 0 aliphatic rings. The van der Waals surface area contributed by atoms with Gasteiger partial charge in [-0.1, -0.05) is 123 Å². The average Bonchev–Trinajstić information content (AvgIpc) is 2.98. The largest absolute Gasteiger partial charge is 0.507 e. The zero-order valence-corrected chi connectivity index (χ0v) is 22.8. The van der Waals surface area contributed by atoms with Crippen molar-refractivity contribution in [3.8, 4) is 33.8 Å². The molecule has 0 radical (unpaired) electrons. The highest BCUT2D eigenvalue weighted by Gasteiger charge is 2.38. The third-order valence-electron chi connectivity index (χ3n) is 7.91.